The maximum Gasteiger partial charge on any atom is 0.259 e. The molecule has 0 saturated carbocycles. The Morgan fingerprint density at radius 2 is 2.00 bits per heavy atom. The van der Waals surface area contributed by atoms with Gasteiger partial charge >= 0.3 is 0 Å². The van der Waals surface area contributed by atoms with E-state index >= 15 is 0 Å². The van der Waals surface area contributed by atoms with E-state index < -0.39 is 5.60 Å². The first-order valence-electron chi connectivity index (χ1n) is 6.85. The molecule has 0 unspecified atom stereocenters. The molecule has 0 radical (unpaired) electrons. The van der Waals surface area contributed by atoms with Gasteiger partial charge in [0.05, 0.1) is 5.56 Å². The maximum absolute atomic E-state index is 5.86. The summed E-state index contributed by atoms with van der Waals surface area (Å²) in [6.45, 7) is 6.68. The number of aromatic nitrogens is 3. The Morgan fingerprint density at radius 3 is 2.55 bits per heavy atom. The minimum absolute atomic E-state index is 0.429. The average molecular weight is 276 g/mol. The van der Waals surface area contributed by atoms with E-state index in [1.807, 2.05) is 6.92 Å². The Kier molecular flexibility index (Phi) is 4.34. The third-order valence-corrected chi connectivity index (χ3v) is 3.43. The SMILES string of the molecule is CCOC(CC)(CC)c1noc(-c2ccc(N)nc2)n1. The van der Waals surface area contributed by atoms with Crippen molar-refractivity contribution in [1.82, 2.24) is 15.1 Å². The molecule has 0 aliphatic rings. The van der Waals surface area contributed by atoms with Crippen LogP contribution >= 0.6 is 0 Å². The summed E-state index contributed by atoms with van der Waals surface area (Å²) in [6.07, 6.45) is 3.19. The standard InChI is InChI=1S/C14H20N4O2/c1-4-14(5-2,19-6-3)13-17-12(20-18-13)10-7-8-11(15)16-9-10/h7-9H,4-6H2,1-3H3,(H2,15,16). The second kappa shape index (κ2) is 6.00. The van der Waals surface area contributed by atoms with Gasteiger partial charge in [0.2, 0.25) is 5.82 Å². The lowest BCUT2D eigenvalue weighted by molar-refractivity contribution is -0.0583. The number of nitrogens with zero attached hydrogens (tertiary/aromatic N) is 3. The van der Waals surface area contributed by atoms with E-state index in [0.29, 0.717) is 24.1 Å². The molecule has 2 N–H and O–H groups in total. The highest BCUT2D eigenvalue weighted by Crippen LogP contribution is 2.32. The molecular formula is C14H20N4O2. The second-order valence-electron chi connectivity index (χ2n) is 4.53. The van der Waals surface area contributed by atoms with Crippen LogP contribution in [0.15, 0.2) is 22.9 Å². The van der Waals surface area contributed by atoms with Gasteiger partial charge in [-0.05, 0) is 31.9 Å². The zero-order chi connectivity index (χ0) is 14.6. The maximum atomic E-state index is 5.86. The topological polar surface area (TPSA) is 87.1 Å². The summed E-state index contributed by atoms with van der Waals surface area (Å²) >= 11 is 0. The van der Waals surface area contributed by atoms with Crippen molar-refractivity contribution in [2.45, 2.75) is 39.2 Å². The first kappa shape index (κ1) is 14.5. The van der Waals surface area contributed by atoms with Crippen LogP contribution in [0.1, 0.15) is 39.4 Å². The molecule has 6 nitrogen and oxygen atoms in total. The van der Waals surface area contributed by atoms with E-state index in [-0.39, 0.29) is 0 Å². The highest BCUT2D eigenvalue weighted by atomic mass is 16.5. The van der Waals surface area contributed by atoms with Gasteiger partial charge in [-0.15, -0.1) is 0 Å². The molecule has 0 spiro atoms. The van der Waals surface area contributed by atoms with Crippen LogP contribution in [0.25, 0.3) is 11.5 Å². The summed E-state index contributed by atoms with van der Waals surface area (Å²) in [6, 6.07) is 3.51. The second-order valence-corrected chi connectivity index (χ2v) is 4.53. The van der Waals surface area contributed by atoms with Crippen molar-refractivity contribution in [3.05, 3.63) is 24.2 Å². The van der Waals surface area contributed by atoms with Crippen molar-refractivity contribution in [2.75, 3.05) is 12.3 Å². The Morgan fingerprint density at radius 1 is 1.25 bits per heavy atom. The summed E-state index contributed by atoms with van der Waals surface area (Å²) in [5.74, 6) is 1.47. The minimum atomic E-state index is -0.488. The number of ether oxygens (including phenoxy) is 1. The normalized spacial score (nSPS) is 11.8. The molecule has 0 atom stereocenters. The lowest BCUT2D eigenvalue weighted by Crippen LogP contribution is -2.29. The van der Waals surface area contributed by atoms with Gasteiger partial charge in [-0.3, -0.25) is 0 Å². The van der Waals surface area contributed by atoms with E-state index in [0.717, 1.165) is 18.4 Å². The fourth-order valence-electron chi connectivity index (χ4n) is 2.17. The molecule has 0 bridgehead atoms. The quantitative estimate of drug-likeness (QED) is 0.872. The molecule has 2 heterocycles. The number of hydrogen-bond donors (Lipinski definition) is 1. The fraction of sp³-hybridized carbons (Fsp3) is 0.500. The van der Waals surface area contributed by atoms with E-state index in [1.54, 1.807) is 18.3 Å². The van der Waals surface area contributed by atoms with Crippen molar-refractivity contribution >= 4 is 5.82 Å². The number of nitrogen functional groups attached to an aromatic ring is 1. The summed E-state index contributed by atoms with van der Waals surface area (Å²) in [5, 5.41) is 4.08. The van der Waals surface area contributed by atoms with Crippen LogP contribution < -0.4 is 5.73 Å². The van der Waals surface area contributed by atoms with Gasteiger partial charge in [-0.25, -0.2) is 4.98 Å². The van der Waals surface area contributed by atoms with Crippen LogP contribution in [-0.4, -0.2) is 21.7 Å². The molecule has 2 aromatic rings. The van der Waals surface area contributed by atoms with Gasteiger partial charge < -0.3 is 15.0 Å². The molecule has 0 fully saturated rings. The van der Waals surface area contributed by atoms with Gasteiger partial charge in [0.15, 0.2) is 0 Å². The zero-order valence-corrected chi connectivity index (χ0v) is 12.1. The third kappa shape index (κ3) is 2.65. The molecule has 2 aromatic heterocycles. The fourth-order valence-corrected chi connectivity index (χ4v) is 2.17. The molecule has 0 amide bonds. The highest BCUT2D eigenvalue weighted by molar-refractivity contribution is 5.53. The first-order chi connectivity index (χ1) is 9.65. The van der Waals surface area contributed by atoms with Gasteiger partial charge in [0, 0.05) is 12.8 Å². The van der Waals surface area contributed by atoms with Crippen molar-refractivity contribution < 1.29 is 9.26 Å². The predicted octanol–water partition coefficient (Wildman–Crippen LogP) is 2.77. The number of anilines is 1. The summed E-state index contributed by atoms with van der Waals surface area (Å²) in [4.78, 5) is 8.48. The van der Waals surface area contributed by atoms with Gasteiger partial charge in [0.1, 0.15) is 11.4 Å². The Balaban J connectivity index is 2.33. The molecule has 6 heteroatoms. The van der Waals surface area contributed by atoms with Crippen LogP contribution in [0.2, 0.25) is 0 Å². The number of rotatable bonds is 6. The van der Waals surface area contributed by atoms with Crippen LogP contribution in [-0.2, 0) is 10.3 Å². The summed E-state index contributed by atoms with van der Waals surface area (Å²) in [7, 11) is 0. The van der Waals surface area contributed by atoms with Crippen molar-refractivity contribution in [3.8, 4) is 11.5 Å². The van der Waals surface area contributed by atoms with E-state index in [9.17, 15) is 0 Å². The smallest absolute Gasteiger partial charge is 0.259 e. The highest BCUT2D eigenvalue weighted by Gasteiger charge is 2.34. The zero-order valence-electron chi connectivity index (χ0n) is 12.1. The van der Waals surface area contributed by atoms with E-state index in [2.05, 4.69) is 29.0 Å². The van der Waals surface area contributed by atoms with Crippen molar-refractivity contribution in [2.24, 2.45) is 0 Å². The lowest BCUT2D eigenvalue weighted by Gasteiger charge is -2.27. The Labute approximate surface area is 118 Å². The summed E-state index contributed by atoms with van der Waals surface area (Å²) < 4.78 is 11.2. The van der Waals surface area contributed by atoms with Crippen LogP contribution in [0.4, 0.5) is 5.82 Å². The Hall–Kier alpha value is -1.95. The molecular weight excluding hydrogens is 256 g/mol. The molecule has 0 aromatic carbocycles. The lowest BCUT2D eigenvalue weighted by atomic mass is 9.96. The molecule has 0 aliphatic carbocycles. The number of hydrogen-bond acceptors (Lipinski definition) is 6. The third-order valence-electron chi connectivity index (χ3n) is 3.43. The molecule has 0 aliphatic heterocycles. The Bertz CT molecular complexity index is 547. The largest absolute Gasteiger partial charge is 0.384 e. The van der Waals surface area contributed by atoms with E-state index in [1.165, 1.54) is 0 Å². The van der Waals surface area contributed by atoms with Crippen molar-refractivity contribution in [1.29, 1.82) is 0 Å². The van der Waals surface area contributed by atoms with Crippen LogP contribution in [0.3, 0.4) is 0 Å². The molecule has 20 heavy (non-hydrogen) atoms. The van der Waals surface area contributed by atoms with Gasteiger partial charge in [-0.1, -0.05) is 19.0 Å². The van der Waals surface area contributed by atoms with Crippen LogP contribution in [0.5, 0.6) is 0 Å². The average Bonchev–Trinajstić information content (AvgIpc) is 2.96. The first-order valence-corrected chi connectivity index (χ1v) is 6.85. The monoisotopic (exact) mass is 276 g/mol. The molecule has 108 valence electrons. The number of nitrogens with two attached hydrogens (primary N) is 1. The summed E-state index contributed by atoms with van der Waals surface area (Å²) in [5.41, 5.74) is 5.82. The minimum Gasteiger partial charge on any atom is -0.384 e. The van der Waals surface area contributed by atoms with Crippen molar-refractivity contribution in [3.63, 3.8) is 0 Å². The van der Waals surface area contributed by atoms with Gasteiger partial charge in [-0.2, -0.15) is 4.98 Å². The molecule has 0 saturated heterocycles. The van der Waals surface area contributed by atoms with Gasteiger partial charge in [0.25, 0.3) is 5.89 Å². The number of pyridine rings is 1. The predicted molar refractivity (Wildman–Crippen MR) is 75.8 cm³/mol. The van der Waals surface area contributed by atoms with E-state index in [4.69, 9.17) is 15.0 Å². The van der Waals surface area contributed by atoms with Crippen LogP contribution in [0, 0.1) is 0 Å². The molecule has 2 rings (SSSR count).